The first kappa shape index (κ1) is 11.7. The largest absolute Gasteiger partial charge is 0.383 e. The van der Waals surface area contributed by atoms with Gasteiger partial charge in [-0.2, -0.15) is 0 Å². The molecule has 0 radical (unpaired) electrons. The predicted octanol–water partition coefficient (Wildman–Crippen LogP) is 1.94. The summed E-state index contributed by atoms with van der Waals surface area (Å²) < 4.78 is 0. The normalized spacial score (nSPS) is 17.5. The fourth-order valence-electron chi connectivity index (χ4n) is 2.52. The molecule has 4 rings (SSSR count). The van der Waals surface area contributed by atoms with E-state index in [-0.39, 0.29) is 5.84 Å². The van der Waals surface area contributed by atoms with E-state index in [0.717, 1.165) is 22.3 Å². The van der Waals surface area contributed by atoms with Crippen molar-refractivity contribution < 1.29 is 0 Å². The zero-order chi connectivity index (χ0) is 14.4. The number of amidine groups is 4. The quantitative estimate of drug-likeness (QED) is 0.755. The molecule has 0 saturated heterocycles. The van der Waals surface area contributed by atoms with Crippen LogP contribution < -0.4 is 5.73 Å². The molecule has 2 aromatic carbocycles. The maximum Gasteiger partial charge on any atom is 0.164 e. The van der Waals surface area contributed by atoms with Crippen LogP contribution in [0.3, 0.4) is 0 Å². The lowest BCUT2D eigenvalue weighted by atomic mass is 10.1. The summed E-state index contributed by atoms with van der Waals surface area (Å²) in [5.74, 6) is 1.75. The molecule has 0 saturated carbocycles. The third-order valence-corrected chi connectivity index (χ3v) is 3.52. The molecule has 0 atom stereocenters. The first-order valence-electron chi connectivity index (χ1n) is 6.54. The number of hydrogen-bond donors (Lipinski definition) is 2. The fraction of sp³-hybridized carbons (Fsp3) is 0. The Morgan fingerprint density at radius 1 is 0.810 bits per heavy atom. The van der Waals surface area contributed by atoms with Crippen LogP contribution in [0.15, 0.2) is 63.5 Å². The van der Waals surface area contributed by atoms with Gasteiger partial charge in [-0.1, -0.05) is 48.5 Å². The molecule has 0 bridgehead atoms. The zero-order valence-electron chi connectivity index (χ0n) is 11.0. The highest BCUT2D eigenvalue weighted by molar-refractivity contribution is 6.28. The number of hydrogen-bond acceptors (Lipinski definition) is 3. The van der Waals surface area contributed by atoms with Crippen molar-refractivity contribution in [2.75, 3.05) is 0 Å². The van der Waals surface area contributed by atoms with Crippen LogP contribution in [0.2, 0.25) is 0 Å². The van der Waals surface area contributed by atoms with Crippen LogP contribution >= 0.6 is 0 Å². The second kappa shape index (κ2) is 4.21. The lowest BCUT2D eigenvalue weighted by Crippen LogP contribution is -2.09. The second-order valence-corrected chi connectivity index (χ2v) is 4.81. The number of rotatable bonds is 0. The van der Waals surface area contributed by atoms with E-state index in [1.807, 2.05) is 48.5 Å². The van der Waals surface area contributed by atoms with Gasteiger partial charge < -0.3 is 5.73 Å². The van der Waals surface area contributed by atoms with Crippen LogP contribution in [0.5, 0.6) is 0 Å². The van der Waals surface area contributed by atoms with E-state index >= 15 is 0 Å². The molecule has 0 aromatic heterocycles. The Morgan fingerprint density at radius 3 is 2.19 bits per heavy atom. The van der Waals surface area contributed by atoms with Gasteiger partial charge in [0.05, 0.1) is 0 Å². The summed E-state index contributed by atoms with van der Waals surface area (Å²) in [6.07, 6.45) is 0. The molecule has 3 N–H and O–H groups in total. The molecule has 2 aliphatic heterocycles. The molecule has 0 unspecified atom stereocenters. The van der Waals surface area contributed by atoms with E-state index in [2.05, 4.69) is 15.0 Å². The zero-order valence-corrected chi connectivity index (χ0v) is 11.0. The number of nitrogens with zero attached hydrogens (tertiary/aromatic N) is 3. The molecule has 2 aliphatic rings. The summed E-state index contributed by atoms with van der Waals surface area (Å²) in [5.41, 5.74) is 9.35. The van der Waals surface area contributed by atoms with Crippen LogP contribution in [0.25, 0.3) is 0 Å². The average molecular weight is 273 g/mol. The van der Waals surface area contributed by atoms with Gasteiger partial charge in [-0.25, -0.2) is 15.0 Å². The number of fused-ring (bicyclic) bond motifs is 2. The summed E-state index contributed by atoms with van der Waals surface area (Å²) in [7, 11) is 0. The Balaban J connectivity index is 1.85. The van der Waals surface area contributed by atoms with E-state index in [0.29, 0.717) is 17.5 Å². The predicted molar refractivity (Wildman–Crippen MR) is 83.5 cm³/mol. The van der Waals surface area contributed by atoms with Crippen molar-refractivity contribution >= 4 is 23.3 Å². The summed E-state index contributed by atoms with van der Waals surface area (Å²) in [4.78, 5) is 13.0. The first-order valence-corrected chi connectivity index (χ1v) is 6.54. The van der Waals surface area contributed by atoms with Crippen molar-refractivity contribution in [1.82, 2.24) is 0 Å². The summed E-state index contributed by atoms with van der Waals surface area (Å²) >= 11 is 0. The van der Waals surface area contributed by atoms with Crippen LogP contribution in [-0.4, -0.2) is 23.3 Å². The van der Waals surface area contributed by atoms with Gasteiger partial charge >= 0.3 is 0 Å². The smallest absolute Gasteiger partial charge is 0.164 e. The van der Waals surface area contributed by atoms with Gasteiger partial charge in [0, 0.05) is 22.3 Å². The van der Waals surface area contributed by atoms with Gasteiger partial charge in [0.25, 0.3) is 0 Å². The number of benzene rings is 2. The van der Waals surface area contributed by atoms with E-state index in [4.69, 9.17) is 11.1 Å². The summed E-state index contributed by atoms with van der Waals surface area (Å²) in [5, 5.41) is 7.90. The van der Waals surface area contributed by atoms with E-state index in [1.54, 1.807) is 0 Å². The molecule has 2 heterocycles. The van der Waals surface area contributed by atoms with E-state index in [9.17, 15) is 0 Å². The maximum absolute atomic E-state index is 7.90. The van der Waals surface area contributed by atoms with Gasteiger partial charge in [-0.15, -0.1) is 0 Å². The third-order valence-electron chi connectivity index (χ3n) is 3.52. The number of aliphatic imine (C=N–C) groups is 3. The van der Waals surface area contributed by atoms with Crippen molar-refractivity contribution in [2.45, 2.75) is 0 Å². The molecule has 100 valence electrons. The summed E-state index contributed by atoms with van der Waals surface area (Å²) in [6, 6.07) is 15.3. The lowest BCUT2D eigenvalue weighted by Gasteiger charge is -2.00. The molecule has 5 nitrogen and oxygen atoms in total. The molecule has 0 spiro atoms. The summed E-state index contributed by atoms with van der Waals surface area (Å²) in [6.45, 7) is 0. The van der Waals surface area contributed by atoms with Crippen LogP contribution in [-0.2, 0) is 0 Å². The SMILES string of the molecule is N=C1N=C(N=C2N=C(N)c3ccccc32)c2ccccc21. The van der Waals surface area contributed by atoms with Crippen molar-refractivity contribution in [1.29, 1.82) is 5.41 Å². The number of nitrogens with one attached hydrogen (secondary N) is 1. The Bertz CT molecular complexity index is 874. The molecule has 5 heteroatoms. The van der Waals surface area contributed by atoms with Crippen molar-refractivity contribution in [3.8, 4) is 0 Å². The first-order chi connectivity index (χ1) is 10.2. The van der Waals surface area contributed by atoms with Crippen molar-refractivity contribution in [2.24, 2.45) is 20.7 Å². The lowest BCUT2D eigenvalue weighted by molar-refractivity contribution is 1.44. The molecule has 0 fully saturated rings. The van der Waals surface area contributed by atoms with Crippen LogP contribution in [0.4, 0.5) is 0 Å². The molecule has 21 heavy (non-hydrogen) atoms. The Kier molecular flexibility index (Phi) is 2.35. The van der Waals surface area contributed by atoms with Gasteiger partial charge in [0.2, 0.25) is 0 Å². The van der Waals surface area contributed by atoms with Gasteiger partial charge in [0.15, 0.2) is 17.5 Å². The highest BCUT2D eigenvalue weighted by atomic mass is 15.1. The maximum atomic E-state index is 7.90. The standard InChI is InChI=1S/C16H11N5/c17-13-9-5-1-3-7-11(9)15(19-13)21-16-12-8-4-2-6-10(12)14(18)20-16/h1-8H,(H3,17,18,19,20,21). The van der Waals surface area contributed by atoms with Gasteiger partial charge in [-0.3, -0.25) is 5.41 Å². The molecule has 0 amide bonds. The minimum atomic E-state index is 0.230. The average Bonchev–Trinajstić information content (AvgIpc) is 3.00. The highest BCUT2D eigenvalue weighted by Gasteiger charge is 2.23. The Hall–Kier alpha value is -3.08. The highest BCUT2D eigenvalue weighted by Crippen LogP contribution is 2.22. The van der Waals surface area contributed by atoms with Crippen LogP contribution in [0, 0.1) is 5.41 Å². The second-order valence-electron chi connectivity index (χ2n) is 4.81. The molecular formula is C16H11N5. The molecule has 0 aliphatic carbocycles. The fourth-order valence-corrected chi connectivity index (χ4v) is 2.52. The van der Waals surface area contributed by atoms with Crippen molar-refractivity contribution in [3.63, 3.8) is 0 Å². The monoisotopic (exact) mass is 273 g/mol. The minimum Gasteiger partial charge on any atom is -0.383 e. The Morgan fingerprint density at radius 2 is 1.43 bits per heavy atom. The van der Waals surface area contributed by atoms with Gasteiger partial charge in [0.1, 0.15) is 5.84 Å². The van der Waals surface area contributed by atoms with Crippen molar-refractivity contribution in [3.05, 3.63) is 70.8 Å². The molecular weight excluding hydrogens is 262 g/mol. The Labute approximate surface area is 121 Å². The minimum absolute atomic E-state index is 0.230. The van der Waals surface area contributed by atoms with Gasteiger partial charge in [-0.05, 0) is 0 Å². The third kappa shape index (κ3) is 1.71. The van der Waals surface area contributed by atoms with E-state index in [1.165, 1.54) is 0 Å². The van der Waals surface area contributed by atoms with Crippen LogP contribution in [0.1, 0.15) is 22.3 Å². The molecule has 2 aromatic rings. The number of nitrogens with two attached hydrogens (primary N) is 1. The van der Waals surface area contributed by atoms with E-state index < -0.39 is 0 Å². The topological polar surface area (TPSA) is 87.0 Å².